The van der Waals surface area contributed by atoms with Crippen LogP contribution < -0.4 is 5.32 Å². The van der Waals surface area contributed by atoms with E-state index in [1.165, 1.54) is 53.8 Å². The summed E-state index contributed by atoms with van der Waals surface area (Å²) in [5.74, 6) is 0. The molecule has 142 valence electrons. The van der Waals surface area contributed by atoms with Gasteiger partial charge in [0.05, 0.1) is 5.69 Å². The van der Waals surface area contributed by atoms with Crippen molar-refractivity contribution in [2.45, 2.75) is 71.8 Å². The first-order chi connectivity index (χ1) is 12.5. The Morgan fingerprint density at radius 1 is 1.27 bits per heavy atom. The van der Waals surface area contributed by atoms with Gasteiger partial charge in [-0.05, 0) is 52.7 Å². The van der Waals surface area contributed by atoms with Crippen molar-refractivity contribution in [3.05, 3.63) is 39.9 Å². The molecule has 1 N–H and O–H groups in total. The van der Waals surface area contributed by atoms with Gasteiger partial charge in [0.25, 0.3) is 0 Å². The van der Waals surface area contributed by atoms with Crippen LogP contribution >= 0.6 is 11.3 Å². The molecule has 1 saturated carbocycles. The fourth-order valence-corrected chi connectivity index (χ4v) is 4.59. The molecule has 0 atom stereocenters. The summed E-state index contributed by atoms with van der Waals surface area (Å²) in [5, 5.41) is 4.71. The molecule has 26 heavy (non-hydrogen) atoms. The van der Waals surface area contributed by atoms with Crippen molar-refractivity contribution in [1.82, 2.24) is 10.3 Å². The van der Waals surface area contributed by atoms with E-state index in [0.717, 1.165) is 11.4 Å². The number of terminal acetylenes is 1. The number of hydrogen-bond acceptors (Lipinski definition) is 3. The van der Waals surface area contributed by atoms with Gasteiger partial charge in [0.15, 0.2) is 0 Å². The van der Waals surface area contributed by atoms with Gasteiger partial charge in [-0.2, -0.15) is 0 Å². The highest BCUT2D eigenvalue weighted by Gasteiger charge is 2.28. The minimum absolute atomic E-state index is 0.157. The number of thiazole rings is 1. The van der Waals surface area contributed by atoms with Crippen LogP contribution in [0, 0.1) is 19.8 Å². The lowest BCUT2D eigenvalue weighted by Gasteiger charge is -2.35. The van der Waals surface area contributed by atoms with E-state index in [1.807, 2.05) is 0 Å². The van der Waals surface area contributed by atoms with E-state index in [4.69, 9.17) is 4.98 Å². The molecule has 0 bridgehead atoms. The Kier molecular flexibility index (Phi) is 9.62. The van der Waals surface area contributed by atoms with E-state index in [-0.39, 0.29) is 5.54 Å². The lowest BCUT2D eigenvalue weighted by Crippen LogP contribution is -2.42. The third-order valence-electron chi connectivity index (χ3n) is 5.00. The standard InChI is InChI=1S/C21H32N2S.C2H2/c1-6-8-12-18(7-2)20-23-19(17(4)24-20)16(3)15-21(22-5)13-10-9-11-14-21;1-2/h7-8,12,15,22H,6,9-11,13-14H2,1-5H3;1-2H/b12-8-,16-15+,18-7+;. The van der Waals surface area contributed by atoms with Crippen LogP contribution in [-0.4, -0.2) is 17.6 Å². The quantitative estimate of drug-likeness (QED) is 0.463. The highest BCUT2D eigenvalue weighted by Crippen LogP contribution is 2.34. The molecule has 0 unspecified atom stereocenters. The van der Waals surface area contributed by atoms with Gasteiger partial charge in [-0.1, -0.05) is 50.5 Å². The minimum Gasteiger partial charge on any atom is -0.311 e. The van der Waals surface area contributed by atoms with Crippen LogP contribution in [0.25, 0.3) is 11.1 Å². The van der Waals surface area contributed by atoms with Gasteiger partial charge < -0.3 is 5.32 Å². The normalized spacial score (nSPS) is 17.8. The van der Waals surface area contributed by atoms with E-state index in [0.29, 0.717) is 0 Å². The van der Waals surface area contributed by atoms with E-state index in [1.54, 1.807) is 11.3 Å². The third-order valence-corrected chi connectivity index (χ3v) is 6.02. The first-order valence-electron chi connectivity index (χ1n) is 9.58. The maximum absolute atomic E-state index is 4.97. The second-order valence-electron chi connectivity index (χ2n) is 6.77. The van der Waals surface area contributed by atoms with Gasteiger partial charge >= 0.3 is 0 Å². The monoisotopic (exact) mass is 370 g/mol. The van der Waals surface area contributed by atoms with Gasteiger partial charge in [0.1, 0.15) is 5.01 Å². The topological polar surface area (TPSA) is 24.9 Å². The van der Waals surface area contributed by atoms with Crippen molar-refractivity contribution >= 4 is 22.5 Å². The summed E-state index contributed by atoms with van der Waals surface area (Å²) < 4.78 is 0. The summed E-state index contributed by atoms with van der Waals surface area (Å²) in [4.78, 5) is 6.28. The Bertz CT molecular complexity index is 668. The Hall–Kier alpha value is -1.63. The molecule has 1 fully saturated rings. The number of hydrogen-bond donors (Lipinski definition) is 1. The molecule has 0 amide bonds. The van der Waals surface area contributed by atoms with Gasteiger partial charge in [0, 0.05) is 16.0 Å². The Balaban J connectivity index is 0.00000163. The zero-order chi connectivity index (χ0) is 19.6. The van der Waals surface area contributed by atoms with Crippen molar-refractivity contribution in [1.29, 1.82) is 0 Å². The van der Waals surface area contributed by atoms with E-state index < -0.39 is 0 Å². The minimum atomic E-state index is 0.157. The number of nitrogens with zero attached hydrogens (tertiary/aromatic N) is 1. The number of nitrogens with one attached hydrogen (secondary N) is 1. The zero-order valence-electron chi connectivity index (χ0n) is 17.1. The molecule has 0 saturated heterocycles. The second kappa shape index (κ2) is 11.2. The van der Waals surface area contributed by atoms with Crippen LogP contribution in [0.2, 0.25) is 0 Å². The molecule has 2 rings (SSSR count). The number of rotatable bonds is 6. The molecule has 2 nitrogen and oxygen atoms in total. The molecular formula is C23H34N2S. The molecular weight excluding hydrogens is 336 g/mol. The van der Waals surface area contributed by atoms with Crippen molar-refractivity contribution in [3.8, 4) is 12.8 Å². The number of aromatic nitrogens is 1. The second-order valence-corrected chi connectivity index (χ2v) is 7.98. The lowest BCUT2D eigenvalue weighted by molar-refractivity contribution is 0.308. The van der Waals surface area contributed by atoms with E-state index >= 15 is 0 Å². The molecule has 3 heteroatoms. The average molecular weight is 371 g/mol. The van der Waals surface area contributed by atoms with Crippen LogP contribution in [0.4, 0.5) is 0 Å². The smallest absolute Gasteiger partial charge is 0.123 e. The average Bonchev–Trinajstić information content (AvgIpc) is 3.06. The summed E-state index contributed by atoms with van der Waals surface area (Å²) >= 11 is 1.80. The van der Waals surface area contributed by atoms with Crippen LogP contribution in [0.5, 0.6) is 0 Å². The lowest BCUT2D eigenvalue weighted by atomic mass is 9.80. The maximum Gasteiger partial charge on any atom is 0.123 e. The summed E-state index contributed by atoms with van der Waals surface area (Å²) in [6.07, 6.45) is 24.5. The number of allylic oxidation sites excluding steroid dienone is 5. The Morgan fingerprint density at radius 2 is 1.92 bits per heavy atom. The Morgan fingerprint density at radius 3 is 2.46 bits per heavy atom. The van der Waals surface area contributed by atoms with Gasteiger partial charge in [0.2, 0.25) is 0 Å². The fraction of sp³-hybridized carbons (Fsp3) is 0.522. The fourth-order valence-electron chi connectivity index (χ4n) is 3.55. The first-order valence-corrected chi connectivity index (χ1v) is 10.4. The molecule has 1 aliphatic carbocycles. The molecule has 1 aromatic heterocycles. The summed E-state index contributed by atoms with van der Waals surface area (Å²) in [6.45, 7) is 8.66. The molecule has 0 aromatic carbocycles. The van der Waals surface area contributed by atoms with Crippen molar-refractivity contribution in [3.63, 3.8) is 0 Å². The van der Waals surface area contributed by atoms with Crippen LogP contribution in [0.1, 0.15) is 74.9 Å². The van der Waals surface area contributed by atoms with Gasteiger partial charge in [-0.15, -0.1) is 24.2 Å². The summed E-state index contributed by atoms with van der Waals surface area (Å²) in [7, 11) is 2.10. The van der Waals surface area contributed by atoms with Crippen molar-refractivity contribution in [2.24, 2.45) is 0 Å². The third kappa shape index (κ3) is 5.69. The van der Waals surface area contributed by atoms with Crippen molar-refractivity contribution < 1.29 is 0 Å². The highest BCUT2D eigenvalue weighted by atomic mass is 32.1. The first kappa shape index (κ1) is 22.4. The molecule has 0 radical (unpaired) electrons. The summed E-state index contributed by atoms with van der Waals surface area (Å²) in [5.41, 5.74) is 3.86. The molecule has 1 aliphatic rings. The van der Waals surface area contributed by atoms with Gasteiger partial charge in [-0.3, -0.25) is 0 Å². The van der Waals surface area contributed by atoms with Crippen LogP contribution in [0.15, 0.2) is 24.3 Å². The zero-order valence-corrected chi connectivity index (χ0v) is 17.9. The Labute approximate surface area is 164 Å². The van der Waals surface area contributed by atoms with E-state index in [9.17, 15) is 0 Å². The van der Waals surface area contributed by atoms with Crippen LogP contribution in [0.3, 0.4) is 0 Å². The number of likely N-dealkylation sites (N-methyl/N-ethyl adjacent to an activating group) is 1. The molecule has 0 spiro atoms. The predicted octanol–water partition coefficient (Wildman–Crippen LogP) is 6.40. The largest absolute Gasteiger partial charge is 0.311 e. The number of aryl methyl sites for hydroxylation is 1. The van der Waals surface area contributed by atoms with E-state index in [2.05, 4.69) is 77.2 Å². The maximum atomic E-state index is 4.97. The summed E-state index contributed by atoms with van der Waals surface area (Å²) in [6, 6.07) is 0. The predicted molar refractivity (Wildman–Crippen MR) is 118 cm³/mol. The van der Waals surface area contributed by atoms with Crippen molar-refractivity contribution in [2.75, 3.05) is 7.05 Å². The molecule has 1 aromatic rings. The van der Waals surface area contributed by atoms with Crippen LogP contribution in [-0.2, 0) is 0 Å². The highest BCUT2D eigenvalue weighted by molar-refractivity contribution is 7.12. The van der Waals surface area contributed by atoms with Gasteiger partial charge in [-0.25, -0.2) is 4.98 Å². The molecule has 0 aliphatic heterocycles. The molecule has 1 heterocycles. The SMILES string of the molecule is C#C.C/C=C(\C=C/CC)c1nc(/C(C)=C/C2(NC)CCCCC2)c(C)s1.